The van der Waals surface area contributed by atoms with Crippen LogP contribution in [0.5, 0.6) is 0 Å². The number of rotatable bonds is 9. The van der Waals surface area contributed by atoms with Crippen LogP contribution >= 0.6 is 0 Å². The molecule has 0 aliphatic rings. The average molecular weight is 252 g/mol. The summed E-state index contributed by atoms with van der Waals surface area (Å²) in [6.45, 7) is 2.74. The van der Waals surface area contributed by atoms with E-state index in [1.54, 1.807) is 12.4 Å². The highest BCUT2D eigenvalue weighted by atomic mass is 16.5. The van der Waals surface area contributed by atoms with Gasteiger partial charge in [0.2, 0.25) is 0 Å². The number of imidazole rings is 1. The number of carbonyl (C=O) groups excluding carboxylic acids is 1. The van der Waals surface area contributed by atoms with E-state index in [-0.39, 0.29) is 6.09 Å². The molecule has 102 valence electrons. The van der Waals surface area contributed by atoms with E-state index in [0.29, 0.717) is 6.61 Å². The van der Waals surface area contributed by atoms with Crippen LogP contribution in [0, 0.1) is 0 Å². The van der Waals surface area contributed by atoms with Gasteiger partial charge >= 0.3 is 6.09 Å². The monoisotopic (exact) mass is 252 g/mol. The van der Waals surface area contributed by atoms with Crippen LogP contribution in [0.25, 0.3) is 0 Å². The van der Waals surface area contributed by atoms with E-state index >= 15 is 0 Å². The third-order valence-electron chi connectivity index (χ3n) is 2.94. The standard InChI is InChI=1S/C14H24N2O2/c1-2-3-4-5-6-7-8-9-12-18-14(17)16-11-10-15-13-16/h10-11,13H,2-9,12H2,1H3. The zero-order valence-corrected chi connectivity index (χ0v) is 11.3. The highest BCUT2D eigenvalue weighted by Crippen LogP contribution is 2.08. The van der Waals surface area contributed by atoms with E-state index in [1.165, 1.54) is 49.4 Å². The highest BCUT2D eigenvalue weighted by molar-refractivity contribution is 5.69. The number of aromatic nitrogens is 2. The predicted octanol–water partition coefficient (Wildman–Crippen LogP) is 4.01. The van der Waals surface area contributed by atoms with Crippen LogP contribution in [0.15, 0.2) is 18.7 Å². The van der Waals surface area contributed by atoms with Crippen molar-refractivity contribution in [2.75, 3.05) is 6.61 Å². The molecular formula is C14H24N2O2. The van der Waals surface area contributed by atoms with Crippen molar-refractivity contribution in [1.29, 1.82) is 0 Å². The van der Waals surface area contributed by atoms with Crippen LogP contribution in [0.4, 0.5) is 4.79 Å². The Morgan fingerprint density at radius 3 is 2.39 bits per heavy atom. The van der Waals surface area contributed by atoms with Gasteiger partial charge in [-0.15, -0.1) is 0 Å². The Hall–Kier alpha value is -1.32. The van der Waals surface area contributed by atoms with E-state index in [2.05, 4.69) is 11.9 Å². The van der Waals surface area contributed by atoms with Crippen molar-refractivity contribution in [1.82, 2.24) is 9.55 Å². The van der Waals surface area contributed by atoms with Gasteiger partial charge in [0.15, 0.2) is 0 Å². The number of nitrogens with zero attached hydrogens (tertiary/aromatic N) is 2. The van der Waals surface area contributed by atoms with Gasteiger partial charge in [0.25, 0.3) is 0 Å². The fraction of sp³-hybridized carbons (Fsp3) is 0.714. The third kappa shape index (κ3) is 6.42. The minimum absolute atomic E-state index is 0.338. The molecular weight excluding hydrogens is 228 g/mol. The van der Waals surface area contributed by atoms with Gasteiger partial charge in [-0.25, -0.2) is 14.3 Å². The summed E-state index contributed by atoms with van der Waals surface area (Å²) in [5.41, 5.74) is 0. The van der Waals surface area contributed by atoms with Gasteiger partial charge in [0.05, 0.1) is 6.61 Å². The molecule has 4 nitrogen and oxygen atoms in total. The Balaban J connectivity index is 1.88. The summed E-state index contributed by atoms with van der Waals surface area (Å²) in [6, 6.07) is 0. The maximum atomic E-state index is 11.4. The van der Waals surface area contributed by atoms with Crippen molar-refractivity contribution in [3.05, 3.63) is 18.7 Å². The molecule has 1 heterocycles. The predicted molar refractivity (Wildman–Crippen MR) is 71.6 cm³/mol. The van der Waals surface area contributed by atoms with Gasteiger partial charge in [0.1, 0.15) is 6.33 Å². The van der Waals surface area contributed by atoms with Gasteiger partial charge in [-0.3, -0.25) is 0 Å². The van der Waals surface area contributed by atoms with E-state index in [4.69, 9.17) is 4.74 Å². The molecule has 0 atom stereocenters. The second kappa shape index (κ2) is 9.68. The van der Waals surface area contributed by atoms with Crippen molar-refractivity contribution in [2.45, 2.75) is 58.3 Å². The summed E-state index contributed by atoms with van der Waals surface area (Å²) in [6.07, 6.45) is 14.3. The second-order valence-electron chi connectivity index (χ2n) is 4.56. The topological polar surface area (TPSA) is 44.1 Å². The summed E-state index contributed by atoms with van der Waals surface area (Å²) >= 11 is 0. The smallest absolute Gasteiger partial charge is 0.419 e. The molecule has 18 heavy (non-hydrogen) atoms. The Morgan fingerprint density at radius 2 is 1.78 bits per heavy atom. The lowest BCUT2D eigenvalue weighted by molar-refractivity contribution is 0.145. The zero-order chi connectivity index (χ0) is 13.1. The lowest BCUT2D eigenvalue weighted by Crippen LogP contribution is -2.12. The minimum atomic E-state index is -0.338. The van der Waals surface area contributed by atoms with Gasteiger partial charge in [-0.05, 0) is 6.42 Å². The Kier molecular flexibility index (Phi) is 7.93. The highest BCUT2D eigenvalue weighted by Gasteiger charge is 2.03. The normalized spacial score (nSPS) is 10.5. The summed E-state index contributed by atoms with van der Waals surface area (Å²) < 4.78 is 6.47. The van der Waals surface area contributed by atoms with Crippen LogP contribution in [0.3, 0.4) is 0 Å². The van der Waals surface area contributed by atoms with Gasteiger partial charge in [0, 0.05) is 12.4 Å². The van der Waals surface area contributed by atoms with E-state index in [1.807, 2.05) is 0 Å². The number of ether oxygens (including phenoxy) is 1. The second-order valence-corrected chi connectivity index (χ2v) is 4.56. The molecule has 0 aromatic carbocycles. The summed E-state index contributed by atoms with van der Waals surface area (Å²) in [5.74, 6) is 0. The Bertz CT molecular complexity index is 310. The molecule has 0 spiro atoms. The van der Waals surface area contributed by atoms with E-state index in [9.17, 15) is 4.79 Å². The van der Waals surface area contributed by atoms with Crippen LogP contribution in [-0.4, -0.2) is 22.3 Å². The molecule has 0 radical (unpaired) electrons. The molecule has 1 rings (SSSR count). The van der Waals surface area contributed by atoms with Crippen molar-refractivity contribution in [3.63, 3.8) is 0 Å². The zero-order valence-electron chi connectivity index (χ0n) is 11.3. The van der Waals surface area contributed by atoms with Crippen LogP contribution < -0.4 is 0 Å². The molecule has 1 aromatic rings. The number of unbranched alkanes of at least 4 members (excludes halogenated alkanes) is 7. The maximum absolute atomic E-state index is 11.4. The van der Waals surface area contributed by atoms with Crippen LogP contribution in [0.1, 0.15) is 58.3 Å². The average Bonchev–Trinajstić information content (AvgIpc) is 2.90. The molecule has 4 heteroatoms. The quantitative estimate of drug-likeness (QED) is 0.624. The van der Waals surface area contributed by atoms with Gasteiger partial charge < -0.3 is 4.74 Å². The molecule has 0 N–H and O–H groups in total. The summed E-state index contributed by atoms with van der Waals surface area (Å²) in [7, 11) is 0. The van der Waals surface area contributed by atoms with Crippen molar-refractivity contribution >= 4 is 6.09 Å². The fourth-order valence-electron chi connectivity index (χ4n) is 1.84. The molecule has 0 saturated heterocycles. The number of hydrogen-bond acceptors (Lipinski definition) is 3. The SMILES string of the molecule is CCCCCCCCCCOC(=O)n1ccnc1. The van der Waals surface area contributed by atoms with Crippen molar-refractivity contribution in [2.24, 2.45) is 0 Å². The summed E-state index contributed by atoms with van der Waals surface area (Å²) in [5, 5.41) is 0. The molecule has 0 bridgehead atoms. The summed E-state index contributed by atoms with van der Waals surface area (Å²) in [4.78, 5) is 15.2. The first kappa shape index (κ1) is 14.7. The van der Waals surface area contributed by atoms with E-state index in [0.717, 1.165) is 12.8 Å². The van der Waals surface area contributed by atoms with Crippen LogP contribution in [0.2, 0.25) is 0 Å². The molecule has 0 aliphatic carbocycles. The molecule has 0 amide bonds. The first-order chi connectivity index (χ1) is 8.84. The van der Waals surface area contributed by atoms with Crippen LogP contribution in [-0.2, 0) is 4.74 Å². The lowest BCUT2D eigenvalue weighted by Gasteiger charge is -2.04. The Morgan fingerprint density at radius 1 is 1.11 bits per heavy atom. The van der Waals surface area contributed by atoms with Crippen molar-refractivity contribution < 1.29 is 9.53 Å². The largest absolute Gasteiger partial charge is 0.449 e. The van der Waals surface area contributed by atoms with Crippen molar-refractivity contribution in [3.8, 4) is 0 Å². The fourth-order valence-corrected chi connectivity index (χ4v) is 1.84. The third-order valence-corrected chi connectivity index (χ3v) is 2.94. The molecule has 0 aliphatic heterocycles. The van der Waals surface area contributed by atoms with E-state index < -0.39 is 0 Å². The number of carbonyl (C=O) groups is 1. The molecule has 0 unspecified atom stereocenters. The first-order valence-corrected chi connectivity index (χ1v) is 6.99. The molecule has 1 aromatic heterocycles. The van der Waals surface area contributed by atoms with Gasteiger partial charge in [-0.1, -0.05) is 51.9 Å². The molecule has 0 fully saturated rings. The van der Waals surface area contributed by atoms with Gasteiger partial charge in [-0.2, -0.15) is 0 Å². The first-order valence-electron chi connectivity index (χ1n) is 6.99. The molecule has 0 saturated carbocycles. The minimum Gasteiger partial charge on any atom is -0.449 e. The number of hydrogen-bond donors (Lipinski definition) is 0. The Labute approximate surface area is 109 Å². The lowest BCUT2D eigenvalue weighted by atomic mass is 10.1. The maximum Gasteiger partial charge on any atom is 0.419 e.